The summed E-state index contributed by atoms with van der Waals surface area (Å²) in [6, 6.07) is 15.0. The number of hydrogen-bond donors (Lipinski definition) is 2. The highest BCUT2D eigenvalue weighted by Crippen LogP contribution is 2.25. The molecule has 1 unspecified atom stereocenters. The summed E-state index contributed by atoms with van der Waals surface area (Å²) >= 11 is 11.9. The lowest BCUT2D eigenvalue weighted by Gasteiger charge is -2.15. The van der Waals surface area contributed by atoms with E-state index in [1.807, 2.05) is 43.3 Å². The molecule has 0 heterocycles. The molecule has 3 nitrogen and oxygen atoms in total. The zero-order valence-corrected chi connectivity index (χ0v) is 13.8. The molecular weight excluding hydrogens is 319 g/mol. The van der Waals surface area contributed by atoms with Gasteiger partial charge in [0.05, 0.1) is 16.1 Å². The lowest BCUT2D eigenvalue weighted by molar-refractivity contribution is 0.238. The molecule has 2 aromatic rings. The maximum atomic E-state index is 11.9. The second kappa shape index (κ2) is 8.06. The Morgan fingerprint density at radius 3 is 2.50 bits per heavy atom. The van der Waals surface area contributed by atoms with E-state index in [0.29, 0.717) is 16.6 Å². The van der Waals surface area contributed by atoms with Gasteiger partial charge in [-0.1, -0.05) is 59.6 Å². The molecule has 0 fully saturated rings. The summed E-state index contributed by atoms with van der Waals surface area (Å²) in [6.07, 6.45) is 0.801. The zero-order valence-electron chi connectivity index (χ0n) is 12.3. The van der Waals surface area contributed by atoms with Gasteiger partial charge in [-0.2, -0.15) is 0 Å². The van der Waals surface area contributed by atoms with Crippen LogP contribution in [0.25, 0.3) is 0 Å². The Morgan fingerprint density at radius 2 is 1.82 bits per heavy atom. The lowest BCUT2D eigenvalue weighted by Crippen LogP contribution is -2.38. The van der Waals surface area contributed by atoms with Gasteiger partial charge < -0.3 is 10.6 Å². The zero-order chi connectivity index (χ0) is 15.9. The van der Waals surface area contributed by atoms with E-state index >= 15 is 0 Å². The Labute approximate surface area is 140 Å². The van der Waals surface area contributed by atoms with Gasteiger partial charge in [0.25, 0.3) is 0 Å². The first-order valence-corrected chi connectivity index (χ1v) is 7.85. The molecule has 2 rings (SSSR count). The number of hydrogen-bond acceptors (Lipinski definition) is 1. The van der Waals surface area contributed by atoms with Gasteiger partial charge in [0, 0.05) is 6.54 Å². The van der Waals surface area contributed by atoms with Crippen LogP contribution in [0.4, 0.5) is 4.79 Å². The number of benzene rings is 2. The molecule has 0 spiro atoms. The van der Waals surface area contributed by atoms with E-state index in [1.54, 1.807) is 12.1 Å². The van der Waals surface area contributed by atoms with E-state index in [0.717, 1.165) is 12.0 Å². The first-order chi connectivity index (χ1) is 10.6. The normalized spacial score (nSPS) is 11.8. The van der Waals surface area contributed by atoms with Crippen molar-refractivity contribution in [2.45, 2.75) is 19.4 Å². The molecule has 0 saturated heterocycles. The van der Waals surface area contributed by atoms with Crippen LogP contribution >= 0.6 is 23.2 Å². The largest absolute Gasteiger partial charge is 0.338 e. The minimum atomic E-state index is -0.200. The van der Waals surface area contributed by atoms with Crippen molar-refractivity contribution in [1.82, 2.24) is 10.6 Å². The van der Waals surface area contributed by atoms with E-state index < -0.39 is 0 Å². The lowest BCUT2D eigenvalue weighted by atomic mass is 10.1. The first-order valence-electron chi connectivity index (χ1n) is 7.09. The van der Waals surface area contributed by atoms with E-state index in [2.05, 4.69) is 10.6 Å². The quantitative estimate of drug-likeness (QED) is 0.823. The van der Waals surface area contributed by atoms with Crippen molar-refractivity contribution in [3.05, 3.63) is 69.7 Å². The van der Waals surface area contributed by atoms with E-state index in [1.165, 1.54) is 5.56 Å². The van der Waals surface area contributed by atoms with Gasteiger partial charge >= 0.3 is 6.03 Å². The van der Waals surface area contributed by atoms with Crippen molar-refractivity contribution in [3.63, 3.8) is 0 Å². The molecule has 0 saturated carbocycles. The average molecular weight is 337 g/mol. The molecular formula is C17H18Cl2N2O. The summed E-state index contributed by atoms with van der Waals surface area (Å²) in [4.78, 5) is 11.9. The van der Waals surface area contributed by atoms with Crippen LogP contribution in [-0.4, -0.2) is 12.6 Å². The molecule has 0 radical (unpaired) electrons. The summed E-state index contributed by atoms with van der Waals surface area (Å²) < 4.78 is 0. The van der Waals surface area contributed by atoms with Gasteiger partial charge in [-0.25, -0.2) is 4.79 Å². The molecule has 22 heavy (non-hydrogen) atoms. The minimum absolute atomic E-state index is 0.147. The molecule has 2 aromatic carbocycles. The molecule has 0 aromatic heterocycles. The second-order valence-electron chi connectivity index (χ2n) is 5.03. The van der Waals surface area contributed by atoms with Crippen LogP contribution in [-0.2, 0) is 6.42 Å². The molecule has 116 valence electrons. The van der Waals surface area contributed by atoms with Crippen LogP contribution in [0.15, 0.2) is 48.5 Å². The van der Waals surface area contributed by atoms with Gasteiger partial charge in [0.2, 0.25) is 0 Å². The van der Waals surface area contributed by atoms with Gasteiger partial charge in [0.15, 0.2) is 0 Å². The van der Waals surface area contributed by atoms with Gasteiger partial charge in [-0.05, 0) is 36.6 Å². The molecule has 1 atom stereocenters. The van der Waals surface area contributed by atoms with Gasteiger partial charge in [0.1, 0.15) is 0 Å². The molecule has 0 aliphatic heterocycles. The fourth-order valence-electron chi connectivity index (χ4n) is 2.08. The minimum Gasteiger partial charge on any atom is -0.338 e. The van der Waals surface area contributed by atoms with E-state index in [4.69, 9.17) is 23.2 Å². The Balaban J connectivity index is 1.80. The van der Waals surface area contributed by atoms with Gasteiger partial charge in [-0.15, -0.1) is 0 Å². The number of nitrogens with one attached hydrogen (secondary N) is 2. The van der Waals surface area contributed by atoms with Crippen molar-refractivity contribution in [3.8, 4) is 0 Å². The highest BCUT2D eigenvalue weighted by molar-refractivity contribution is 6.42. The summed E-state index contributed by atoms with van der Waals surface area (Å²) in [5, 5.41) is 6.71. The number of amides is 2. The van der Waals surface area contributed by atoms with Crippen molar-refractivity contribution < 1.29 is 4.79 Å². The fraction of sp³-hybridized carbons (Fsp3) is 0.235. The number of carbonyl (C=O) groups excluding carboxylic acids is 1. The highest BCUT2D eigenvalue weighted by Gasteiger charge is 2.10. The number of rotatable bonds is 5. The Hall–Kier alpha value is -1.71. The van der Waals surface area contributed by atoms with Crippen LogP contribution in [0.2, 0.25) is 10.0 Å². The summed E-state index contributed by atoms with van der Waals surface area (Å²) in [7, 11) is 0. The van der Waals surface area contributed by atoms with Crippen LogP contribution in [0.3, 0.4) is 0 Å². The smallest absolute Gasteiger partial charge is 0.315 e. The van der Waals surface area contributed by atoms with E-state index in [-0.39, 0.29) is 12.1 Å². The summed E-state index contributed by atoms with van der Waals surface area (Å²) in [5.74, 6) is 0. The monoisotopic (exact) mass is 336 g/mol. The SMILES string of the molecule is CC(NC(=O)NCCc1ccccc1)c1ccc(Cl)c(Cl)c1. The standard InChI is InChI=1S/C17H18Cl2N2O/c1-12(14-7-8-15(18)16(19)11-14)21-17(22)20-10-9-13-5-3-2-4-6-13/h2-8,11-12H,9-10H2,1H3,(H2,20,21,22). The van der Waals surface area contributed by atoms with Crippen molar-refractivity contribution in [1.29, 1.82) is 0 Å². The van der Waals surface area contributed by atoms with Crippen LogP contribution < -0.4 is 10.6 Å². The Bertz CT molecular complexity index is 632. The summed E-state index contributed by atoms with van der Waals surface area (Å²) in [6.45, 7) is 2.49. The molecule has 0 aliphatic carbocycles. The number of carbonyl (C=O) groups is 1. The molecule has 0 bridgehead atoms. The Morgan fingerprint density at radius 1 is 1.09 bits per heavy atom. The topological polar surface area (TPSA) is 41.1 Å². The number of halogens is 2. The van der Waals surface area contributed by atoms with Crippen molar-refractivity contribution in [2.75, 3.05) is 6.54 Å². The fourth-order valence-corrected chi connectivity index (χ4v) is 2.38. The first kappa shape index (κ1) is 16.7. The molecule has 2 amide bonds. The molecule has 5 heteroatoms. The maximum absolute atomic E-state index is 11.9. The Kier molecular flexibility index (Phi) is 6.10. The van der Waals surface area contributed by atoms with Crippen LogP contribution in [0, 0.1) is 0 Å². The predicted octanol–water partition coefficient (Wildman–Crippen LogP) is 4.60. The highest BCUT2D eigenvalue weighted by atomic mass is 35.5. The van der Waals surface area contributed by atoms with Crippen LogP contribution in [0.5, 0.6) is 0 Å². The predicted molar refractivity (Wildman–Crippen MR) is 91.6 cm³/mol. The maximum Gasteiger partial charge on any atom is 0.315 e. The third-order valence-corrected chi connectivity index (χ3v) is 4.07. The van der Waals surface area contributed by atoms with Gasteiger partial charge in [-0.3, -0.25) is 0 Å². The third-order valence-electron chi connectivity index (χ3n) is 3.33. The number of urea groups is 1. The average Bonchev–Trinajstić information content (AvgIpc) is 2.51. The molecule has 0 aliphatic rings. The van der Waals surface area contributed by atoms with Crippen molar-refractivity contribution in [2.24, 2.45) is 0 Å². The molecule has 2 N–H and O–H groups in total. The van der Waals surface area contributed by atoms with Crippen molar-refractivity contribution >= 4 is 29.2 Å². The summed E-state index contributed by atoms with van der Waals surface area (Å²) in [5.41, 5.74) is 2.10. The van der Waals surface area contributed by atoms with Crippen LogP contribution in [0.1, 0.15) is 24.1 Å². The van der Waals surface area contributed by atoms with E-state index in [9.17, 15) is 4.79 Å². The second-order valence-corrected chi connectivity index (χ2v) is 5.85. The third kappa shape index (κ3) is 4.93.